The molecule has 0 aliphatic heterocycles. The maximum atomic E-state index is 12.9. The maximum Gasteiger partial charge on any atom is 0.416 e. The first-order valence-electron chi connectivity index (χ1n) is 10.1. The fourth-order valence-corrected chi connectivity index (χ4v) is 3.26. The summed E-state index contributed by atoms with van der Waals surface area (Å²) in [5.41, 5.74) is 6.89. The van der Waals surface area contributed by atoms with Crippen LogP contribution in [0, 0.1) is 0 Å². The summed E-state index contributed by atoms with van der Waals surface area (Å²) in [6.45, 7) is 1.57. The van der Waals surface area contributed by atoms with Crippen molar-refractivity contribution in [2.24, 2.45) is 5.73 Å². The number of amides is 2. The molecule has 0 saturated carbocycles. The second kappa shape index (κ2) is 8.89. The number of nitrogens with two attached hydrogens (primary N) is 1. The molecule has 0 aliphatic rings. The Morgan fingerprint density at radius 2 is 1.74 bits per heavy atom. The third-order valence-corrected chi connectivity index (χ3v) is 5.09. The number of nitrogens with zero attached hydrogens (tertiary/aromatic N) is 1. The lowest BCUT2D eigenvalue weighted by atomic mass is 10.1. The van der Waals surface area contributed by atoms with Crippen LogP contribution in [0.25, 0.3) is 22.2 Å². The van der Waals surface area contributed by atoms with Crippen molar-refractivity contribution in [3.63, 3.8) is 0 Å². The third kappa shape index (κ3) is 5.01. The Morgan fingerprint density at radius 3 is 2.41 bits per heavy atom. The molecule has 1 atom stereocenters. The smallest absolute Gasteiger partial charge is 0.416 e. The molecular formula is C24H19F3N4O3. The van der Waals surface area contributed by atoms with E-state index in [1.54, 1.807) is 37.5 Å². The first-order chi connectivity index (χ1) is 16.1. The number of anilines is 2. The molecule has 2 amide bonds. The molecule has 0 aliphatic carbocycles. The third-order valence-electron chi connectivity index (χ3n) is 5.09. The molecule has 2 heterocycles. The summed E-state index contributed by atoms with van der Waals surface area (Å²) in [6, 6.07) is 13.6. The number of alkyl halides is 3. The van der Waals surface area contributed by atoms with Crippen LogP contribution in [0.1, 0.15) is 23.0 Å². The average Bonchev–Trinajstić information content (AvgIpc) is 3.26. The minimum Gasteiger partial charge on any atom is -0.464 e. The first kappa shape index (κ1) is 22.8. The number of benzene rings is 2. The van der Waals surface area contributed by atoms with Gasteiger partial charge in [-0.05, 0) is 67.6 Å². The van der Waals surface area contributed by atoms with Crippen LogP contribution < -0.4 is 16.4 Å². The van der Waals surface area contributed by atoms with E-state index in [1.165, 1.54) is 6.07 Å². The average molecular weight is 468 g/mol. The van der Waals surface area contributed by atoms with Crippen molar-refractivity contribution < 1.29 is 27.2 Å². The van der Waals surface area contributed by atoms with Crippen molar-refractivity contribution in [1.82, 2.24) is 4.98 Å². The Bertz CT molecular complexity index is 1360. The fourth-order valence-electron chi connectivity index (χ4n) is 3.26. The van der Waals surface area contributed by atoms with Crippen LogP contribution in [0.3, 0.4) is 0 Å². The van der Waals surface area contributed by atoms with Gasteiger partial charge in [-0.2, -0.15) is 13.2 Å². The summed E-state index contributed by atoms with van der Waals surface area (Å²) in [4.78, 5) is 28.8. The van der Waals surface area contributed by atoms with Crippen LogP contribution in [-0.4, -0.2) is 22.8 Å². The number of aromatic nitrogens is 1. The number of hydrogen-bond acceptors (Lipinski definition) is 5. The molecule has 0 unspecified atom stereocenters. The van der Waals surface area contributed by atoms with Crippen LogP contribution >= 0.6 is 0 Å². The molecule has 0 spiro atoms. The van der Waals surface area contributed by atoms with Crippen LogP contribution in [0.4, 0.5) is 24.5 Å². The van der Waals surface area contributed by atoms with E-state index in [0.29, 0.717) is 22.5 Å². The molecular weight excluding hydrogens is 449 g/mol. The molecule has 10 heteroatoms. The number of fused-ring (bicyclic) bond motifs is 1. The number of furan rings is 1. The number of pyridine rings is 1. The quantitative estimate of drug-likeness (QED) is 0.367. The SMILES string of the molecule is C[C@H](Nc1cc(C(=O)Nc2ccc(C(F)(F)F)cc2)nc(-c2ccc3occc3c2)c1)C(N)=O. The van der Waals surface area contributed by atoms with Gasteiger partial charge in [0.2, 0.25) is 5.91 Å². The molecule has 4 aromatic rings. The topological polar surface area (TPSA) is 110 Å². The fraction of sp³-hybridized carbons (Fsp3) is 0.125. The normalized spacial score (nSPS) is 12.4. The lowest BCUT2D eigenvalue weighted by Gasteiger charge is -2.15. The highest BCUT2D eigenvalue weighted by atomic mass is 19.4. The van der Waals surface area contributed by atoms with E-state index in [4.69, 9.17) is 10.2 Å². The van der Waals surface area contributed by atoms with Gasteiger partial charge < -0.3 is 20.8 Å². The minimum atomic E-state index is -4.48. The summed E-state index contributed by atoms with van der Waals surface area (Å²) in [7, 11) is 0. The summed E-state index contributed by atoms with van der Waals surface area (Å²) >= 11 is 0. The van der Waals surface area contributed by atoms with E-state index in [0.717, 1.165) is 29.7 Å². The Labute approximate surface area is 191 Å². The van der Waals surface area contributed by atoms with E-state index in [1.807, 2.05) is 6.07 Å². The van der Waals surface area contributed by atoms with Crippen molar-refractivity contribution in [2.45, 2.75) is 19.1 Å². The van der Waals surface area contributed by atoms with Crippen molar-refractivity contribution in [3.05, 3.63) is 78.2 Å². The van der Waals surface area contributed by atoms with Gasteiger partial charge in [0.15, 0.2) is 0 Å². The highest BCUT2D eigenvalue weighted by Crippen LogP contribution is 2.30. The number of rotatable bonds is 6. The van der Waals surface area contributed by atoms with Gasteiger partial charge in [0.1, 0.15) is 17.3 Å². The van der Waals surface area contributed by atoms with E-state index in [-0.39, 0.29) is 11.4 Å². The Kier molecular flexibility index (Phi) is 5.97. The Balaban J connectivity index is 1.67. The van der Waals surface area contributed by atoms with Crippen LogP contribution in [0.15, 0.2) is 71.3 Å². The standard InChI is InChI=1S/C24H19F3N4O3/c1-13(22(28)32)29-18-11-19(14-2-7-21-15(10-14)8-9-34-21)31-20(12-18)23(33)30-17-5-3-16(4-6-17)24(25,26)27/h2-13H,1H3,(H2,28,32)(H,29,31)(H,30,33)/t13-/m0/s1. The number of hydrogen-bond donors (Lipinski definition) is 3. The first-order valence-corrected chi connectivity index (χ1v) is 10.1. The highest BCUT2D eigenvalue weighted by molar-refractivity contribution is 6.04. The Morgan fingerprint density at radius 1 is 1.00 bits per heavy atom. The predicted molar refractivity (Wildman–Crippen MR) is 121 cm³/mol. The number of nitrogens with one attached hydrogen (secondary N) is 2. The minimum absolute atomic E-state index is 0.0103. The zero-order valence-electron chi connectivity index (χ0n) is 17.8. The molecule has 0 bridgehead atoms. The molecule has 0 saturated heterocycles. The van der Waals surface area contributed by atoms with Gasteiger partial charge in [-0.25, -0.2) is 4.98 Å². The van der Waals surface area contributed by atoms with Gasteiger partial charge in [-0.3, -0.25) is 9.59 Å². The van der Waals surface area contributed by atoms with E-state index >= 15 is 0 Å². The zero-order chi connectivity index (χ0) is 24.5. The van der Waals surface area contributed by atoms with Gasteiger partial charge in [-0.15, -0.1) is 0 Å². The van der Waals surface area contributed by atoms with Crippen molar-refractivity contribution in [1.29, 1.82) is 0 Å². The predicted octanol–water partition coefficient (Wildman–Crippen LogP) is 5.05. The molecule has 4 rings (SSSR count). The number of primary amides is 1. The van der Waals surface area contributed by atoms with Crippen molar-refractivity contribution >= 4 is 34.2 Å². The van der Waals surface area contributed by atoms with Crippen LogP contribution in [0.2, 0.25) is 0 Å². The summed E-state index contributed by atoms with van der Waals surface area (Å²) in [5.74, 6) is -1.23. The zero-order valence-corrected chi connectivity index (χ0v) is 17.8. The molecule has 174 valence electrons. The Hall–Kier alpha value is -4.34. The monoisotopic (exact) mass is 468 g/mol. The van der Waals surface area contributed by atoms with E-state index < -0.39 is 29.6 Å². The van der Waals surface area contributed by atoms with Gasteiger partial charge in [-0.1, -0.05) is 0 Å². The second-order valence-corrected chi connectivity index (χ2v) is 7.60. The van der Waals surface area contributed by atoms with Gasteiger partial charge in [0.05, 0.1) is 17.5 Å². The number of halogens is 3. The number of carbonyl (C=O) groups is 2. The summed E-state index contributed by atoms with van der Waals surface area (Å²) < 4.78 is 43.7. The molecule has 34 heavy (non-hydrogen) atoms. The van der Waals surface area contributed by atoms with E-state index in [9.17, 15) is 22.8 Å². The largest absolute Gasteiger partial charge is 0.464 e. The second-order valence-electron chi connectivity index (χ2n) is 7.60. The molecule has 0 radical (unpaired) electrons. The lowest BCUT2D eigenvalue weighted by Crippen LogP contribution is -2.32. The highest BCUT2D eigenvalue weighted by Gasteiger charge is 2.30. The van der Waals surface area contributed by atoms with Crippen LogP contribution in [-0.2, 0) is 11.0 Å². The van der Waals surface area contributed by atoms with Crippen molar-refractivity contribution in [2.75, 3.05) is 10.6 Å². The van der Waals surface area contributed by atoms with Gasteiger partial charge >= 0.3 is 6.18 Å². The maximum absolute atomic E-state index is 12.9. The molecule has 7 nitrogen and oxygen atoms in total. The summed E-state index contributed by atoms with van der Waals surface area (Å²) in [5, 5.41) is 6.30. The van der Waals surface area contributed by atoms with Crippen LogP contribution in [0.5, 0.6) is 0 Å². The molecule has 0 fully saturated rings. The molecule has 2 aromatic carbocycles. The molecule has 2 aromatic heterocycles. The lowest BCUT2D eigenvalue weighted by molar-refractivity contribution is -0.137. The van der Waals surface area contributed by atoms with Gasteiger partial charge in [0, 0.05) is 22.3 Å². The van der Waals surface area contributed by atoms with E-state index in [2.05, 4.69) is 15.6 Å². The van der Waals surface area contributed by atoms with Crippen molar-refractivity contribution in [3.8, 4) is 11.3 Å². The number of carbonyl (C=O) groups excluding carboxylic acids is 2. The molecule has 4 N–H and O–H groups in total. The van der Waals surface area contributed by atoms with Gasteiger partial charge in [0.25, 0.3) is 5.91 Å². The summed E-state index contributed by atoms with van der Waals surface area (Å²) in [6.07, 6.45) is -2.93.